The number of ether oxygens (including phenoxy) is 1. The van der Waals surface area contributed by atoms with Crippen LogP contribution in [-0.4, -0.2) is 49.5 Å². The zero-order chi connectivity index (χ0) is 31.7. The molecule has 1 unspecified atom stereocenters. The van der Waals surface area contributed by atoms with Gasteiger partial charge in [0.25, 0.3) is 11.8 Å². The lowest BCUT2D eigenvalue weighted by Crippen LogP contribution is -2.42. The first kappa shape index (κ1) is 33.1. The van der Waals surface area contributed by atoms with Gasteiger partial charge in [-0.3, -0.25) is 5.32 Å². The topological polar surface area (TPSA) is 132 Å². The first-order chi connectivity index (χ1) is 19.1. The van der Waals surface area contributed by atoms with Crippen molar-refractivity contribution in [2.75, 3.05) is 5.32 Å². The number of oxime groups is 1. The van der Waals surface area contributed by atoms with E-state index in [-0.39, 0.29) is 31.4 Å². The number of hydrogen-bond acceptors (Lipinski definition) is 9. The van der Waals surface area contributed by atoms with Gasteiger partial charge in [0.2, 0.25) is 5.60 Å². The average Bonchev–Trinajstić information content (AvgIpc) is 3.29. The number of pyridine rings is 1. The Morgan fingerprint density at radius 3 is 2.19 bits per heavy atom. The second kappa shape index (κ2) is 11.7. The number of carbonyl (C=O) groups is 1. The fourth-order valence-electron chi connectivity index (χ4n) is 3.90. The van der Waals surface area contributed by atoms with Gasteiger partial charge in [-0.05, 0) is 73.3 Å². The molecule has 1 amide bonds. The largest absolute Gasteiger partial charge is 0.444 e. The lowest BCUT2D eigenvalue weighted by atomic mass is 9.94. The minimum absolute atomic E-state index is 0.0803. The van der Waals surface area contributed by atoms with Gasteiger partial charge in [0.05, 0.1) is 11.3 Å². The molecule has 42 heavy (non-hydrogen) atoms. The third kappa shape index (κ3) is 8.10. The van der Waals surface area contributed by atoms with Crippen LogP contribution < -0.4 is 5.32 Å². The molecule has 10 nitrogen and oxygen atoms in total. The van der Waals surface area contributed by atoms with E-state index >= 15 is 0 Å². The maximum atomic E-state index is 14.4. The Morgan fingerprint density at radius 2 is 1.62 bits per heavy atom. The molecular weight excluding hydrogens is 576 g/mol. The minimum Gasteiger partial charge on any atom is -0.444 e. The summed E-state index contributed by atoms with van der Waals surface area (Å²) in [6.45, 7) is 9.46. The zero-order valence-corrected chi connectivity index (χ0v) is 24.0. The summed E-state index contributed by atoms with van der Waals surface area (Å²) in [5.74, 6) is -2.01. The molecule has 2 aromatic rings. The second-order valence-corrected chi connectivity index (χ2v) is 11.8. The molecule has 1 aliphatic rings. The van der Waals surface area contributed by atoms with Crippen molar-refractivity contribution in [3.63, 3.8) is 0 Å². The van der Waals surface area contributed by atoms with Gasteiger partial charge < -0.3 is 19.1 Å². The Labute approximate surface area is 237 Å². The van der Waals surface area contributed by atoms with Gasteiger partial charge in [-0.1, -0.05) is 18.0 Å². The number of hydrogen-bond donors (Lipinski definition) is 2. The fourth-order valence-corrected chi connectivity index (χ4v) is 3.90. The van der Waals surface area contributed by atoms with E-state index in [4.69, 9.17) is 14.0 Å². The molecule has 16 heteroatoms. The van der Waals surface area contributed by atoms with E-state index in [9.17, 15) is 36.2 Å². The van der Waals surface area contributed by atoms with E-state index < -0.39 is 76.1 Å². The van der Waals surface area contributed by atoms with E-state index in [1.807, 2.05) is 0 Å². The number of nitrogens with zero attached hydrogens (tertiary/aromatic N) is 4. The van der Waals surface area contributed by atoms with Crippen LogP contribution in [0.4, 0.5) is 36.8 Å². The quantitative estimate of drug-likeness (QED) is 0.272. The Balaban J connectivity index is 2.34. The number of carbonyl (C=O) groups excluding carboxylic acids is 1. The molecule has 0 fully saturated rings. The highest BCUT2D eigenvalue weighted by Crippen LogP contribution is 2.44. The van der Waals surface area contributed by atoms with Crippen molar-refractivity contribution in [3.05, 3.63) is 23.2 Å². The van der Waals surface area contributed by atoms with Crippen molar-refractivity contribution >= 4 is 17.5 Å². The van der Waals surface area contributed by atoms with Gasteiger partial charge in [-0.25, -0.2) is 9.78 Å². The Kier molecular flexibility index (Phi) is 9.20. The number of fused-ring (bicyclic) bond motifs is 5. The van der Waals surface area contributed by atoms with Crippen LogP contribution in [0.1, 0.15) is 97.2 Å². The van der Waals surface area contributed by atoms with Crippen molar-refractivity contribution < 1.29 is 50.2 Å². The third-order valence-corrected chi connectivity index (χ3v) is 5.82. The Morgan fingerprint density at radius 1 is 0.976 bits per heavy atom. The summed E-state index contributed by atoms with van der Waals surface area (Å²) in [7, 11) is 0. The van der Waals surface area contributed by atoms with E-state index in [1.54, 1.807) is 20.8 Å². The highest BCUT2D eigenvalue weighted by molar-refractivity contribution is 6.01. The first-order valence-electron chi connectivity index (χ1n) is 13.1. The molecule has 0 saturated heterocycles. The number of halogens is 6. The van der Waals surface area contributed by atoms with Gasteiger partial charge in [0, 0.05) is 0 Å². The summed E-state index contributed by atoms with van der Waals surface area (Å²) in [5, 5.41) is 23.6. The van der Waals surface area contributed by atoms with Gasteiger partial charge in [-0.15, -0.1) is 10.2 Å². The van der Waals surface area contributed by atoms with Gasteiger partial charge in [0.15, 0.2) is 5.69 Å². The van der Waals surface area contributed by atoms with Crippen molar-refractivity contribution in [1.82, 2.24) is 15.2 Å². The SMILES string of the molecule is CC(C)(C)O/N=C1/CCCCCCC(O)(C(F)(F)F)c2nnc(o2)-c2nc1c(C(F)(F)F)cc2NC(=O)OC(C)(C)C. The van der Waals surface area contributed by atoms with Gasteiger partial charge in [-0.2, -0.15) is 26.3 Å². The zero-order valence-electron chi connectivity index (χ0n) is 24.0. The van der Waals surface area contributed by atoms with Crippen molar-refractivity contribution in [1.29, 1.82) is 0 Å². The number of aromatic nitrogens is 3. The number of alkyl halides is 6. The molecule has 1 aliphatic heterocycles. The molecule has 3 heterocycles. The molecule has 0 aromatic carbocycles. The molecule has 0 spiro atoms. The summed E-state index contributed by atoms with van der Waals surface area (Å²) in [4.78, 5) is 22.0. The Hall–Kier alpha value is -3.43. The summed E-state index contributed by atoms with van der Waals surface area (Å²) >= 11 is 0. The maximum Gasteiger partial charge on any atom is 0.426 e. The van der Waals surface area contributed by atoms with Crippen molar-refractivity contribution in [3.8, 4) is 11.6 Å². The fraction of sp³-hybridized carbons (Fsp3) is 0.654. The van der Waals surface area contributed by atoms with Crippen molar-refractivity contribution in [2.24, 2.45) is 5.16 Å². The predicted octanol–water partition coefficient (Wildman–Crippen LogP) is 7.12. The summed E-state index contributed by atoms with van der Waals surface area (Å²) in [6.07, 6.45) is -11.7. The highest BCUT2D eigenvalue weighted by atomic mass is 19.4. The smallest absolute Gasteiger partial charge is 0.426 e. The van der Waals surface area contributed by atoms with Crippen LogP contribution in [0.2, 0.25) is 0 Å². The number of anilines is 1. The molecule has 0 saturated carbocycles. The normalized spacial score (nSPS) is 20.2. The summed E-state index contributed by atoms with van der Waals surface area (Å²) in [5.41, 5.74) is -8.92. The standard InChI is InChI=1S/C26H33F6N5O5/c1-22(2,3)41-21(38)33-16-13-14(25(27,28)29)17-15(37-42-23(4,5)6)11-9-7-8-10-12-24(39,26(30,31)32)20-36-35-19(40-20)18(16)34-17/h13,39H,7-12H2,1-6H3,(H,33,38)/b37-15-. The van der Waals surface area contributed by atoms with E-state index in [0.29, 0.717) is 12.5 Å². The van der Waals surface area contributed by atoms with Crippen LogP contribution in [0.15, 0.2) is 15.6 Å². The van der Waals surface area contributed by atoms with E-state index in [2.05, 4.69) is 25.7 Å². The predicted molar refractivity (Wildman–Crippen MR) is 137 cm³/mol. The molecule has 2 aromatic heterocycles. The molecule has 0 radical (unpaired) electrons. The number of nitrogens with one attached hydrogen (secondary N) is 1. The lowest BCUT2D eigenvalue weighted by Gasteiger charge is -2.27. The molecule has 234 valence electrons. The average molecular weight is 610 g/mol. The lowest BCUT2D eigenvalue weighted by molar-refractivity contribution is -0.277. The molecule has 3 rings (SSSR count). The number of rotatable bonds is 2. The van der Waals surface area contributed by atoms with Crippen molar-refractivity contribution in [2.45, 2.75) is 109 Å². The van der Waals surface area contributed by atoms with E-state index in [1.165, 1.54) is 20.8 Å². The van der Waals surface area contributed by atoms with Crippen LogP contribution in [-0.2, 0) is 21.4 Å². The Bertz CT molecular complexity index is 1310. The number of amides is 1. The number of aliphatic hydroxyl groups is 1. The molecule has 2 N–H and O–H groups in total. The first-order valence-corrected chi connectivity index (χ1v) is 13.1. The van der Waals surface area contributed by atoms with Gasteiger partial charge in [0.1, 0.15) is 22.6 Å². The summed E-state index contributed by atoms with van der Waals surface area (Å²) < 4.78 is 95.5. The molecule has 4 bridgehead atoms. The highest BCUT2D eigenvalue weighted by Gasteiger charge is 2.58. The maximum absolute atomic E-state index is 14.4. The monoisotopic (exact) mass is 609 g/mol. The molecule has 1 atom stereocenters. The second-order valence-electron chi connectivity index (χ2n) is 11.8. The van der Waals surface area contributed by atoms with Crippen LogP contribution in [0.3, 0.4) is 0 Å². The summed E-state index contributed by atoms with van der Waals surface area (Å²) in [6, 6.07) is 0.528. The van der Waals surface area contributed by atoms with E-state index in [0.717, 1.165) is 0 Å². The van der Waals surface area contributed by atoms with Gasteiger partial charge >= 0.3 is 18.4 Å². The molecule has 0 aliphatic carbocycles. The van der Waals surface area contributed by atoms with Crippen LogP contribution in [0, 0.1) is 0 Å². The minimum atomic E-state index is -5.21. The van der Waals surface area contributed by atoms with Crippen LogP contribution in [0.5, 0.6) is 0 Å². The third-order valence-electron chi connectivity index (χ3n) is 5.82. The van der Waals surface area contributed by atoms with Crippen LogP contribution >= 0.6 is 0 Å². The molecular formula is C26H33F6N5O5. The van der Waals surface area contributed by atoms with Crippen LogP contribution in [0.25, 0.3) is 11.6 Å².